The van der Waals surface area contributed by atoms with E-state index in [2.05, 4.69) is 10.4 Å². The molecule has 2 aromatic rings. The average Bonchev–Trinajstić information content (AvgIpc) is 2.96. The molecule has 0 bridgehead atoms. The van der Waals surface area contributed by atoms with E-state index in [4.69, 9.17) is 16.7 Å². The monoisotopic (exact) mass is 350 g/mol. The van der Waals surface area contributed by atoms with Gasteiger partial charge in [-0.3, -0.25) is 10.1 Å². The van der Waals surface area contributed by atoms with E-state index in [-0.39, 0.29) is 12.6 Å². The standard InChI is InChI=1S/C16H19ClN4O3/c1-11(15(22)23)9-20(2)16(24)19-14-7-8-18-21(14)10-12-3-5-13(17)6-4-12/h3-8,11H,9-10H2,1-2H3,(H,19,24)(H,22,23). The van der Waals surface area contributed by atoms with Crippen molar-refractivity contribution < 1.29 is 14.7 Å². The molecule has 0 spiro atoms. The van der Waals surface area contributed by atoms with Crippen LogP contribution in [-0.4, -0.2) is 45.4 Å². The second-order valence-corrected chi connectivity index (χ2v) is 5.99. The van der Waals surface area contributed by atoms with Crippen LogP contribution >= 0.6 is 11.6 Å². The Hall–Kier alpha value is -2.54. The minimum atomic E-state index is -0.942. The van der Waals surface area contributed by atoms with Crippen molar-refractivity contribution in [2.24, 2.45) is 5.92 Å². The van der Waals surface area contributed by atoms with Gasteiger partial charge in [-0.05, 0) is 17.7 Å². The van der Waals surface area contributed by atoms with E-state index in [9.17, 15) is 9.59 Å². The molecule has 0 fully saturated rings. The fourth-order valence-corrected chi connectivity index (χ4v) is 2.23. The number of nitrogens with zero attached hydrogens (tertiary/aromatic N) is 3. The number of hydrogen-bond donors (Lipinski definition) is 2. The van der Waals surface area contributed by atoms with Crippen LogP contribution in [0.5, 0.6) is 0 Å². The molecule has 0 aliphatic carbocycles. The number of carbonyl (C=O) groups is 2. The zero-order valence-electron chi connectivity index (χ0n) is 13.4. The Balaban J connectivity index is 2.00. The first-order valence-corrected chi connectivity index (χ1v) is 7.76. The number of aromatic nitrogens is 2. The number of nitrogens with one attached hydrogen (secondary N) is 1. The van der Waals surface area contributed by atoms with Gasteiger partial charge in [-0.15, -0.1) is 0 Å². The highest BCUT2D eigenvalue weighted by Crippen LogP contribution is 2.14. The number of benzene rings is 1. The van der Waals surface area contributed by atoms with Crippen molar-refractivity contribution in [3.63, 3.8) is 0 Å². The van der Waals surface area contributed by atoms with Crippen molar-refractivity contribution in [1.82, 2.24) is 14.7 Å². The molecule has 1 atom stereocenters. The predicted molar refractivity (Wildman–Crippen MR) is 91.2 cm³/mol. The number of halogens is 1. The first kappa shape index (κ1) is 17.8. The van der Waals surface area contributed by atoms with Gasteiger partial charge >= 0.3 is 12.0 Å². The molecule has 0 aliphatic rings. The molecule has 0 saturated carbocycles. The van der Waals surface area contributed by atoms with Crippen molar-refractivity contribution in [1.29, 1.82) is 0 Å². The summed E-state index contributed by atoms with van der Waals surface area (Å²) in [5.41, 5.74) is 0.992. The summed E-state index contributed by atoms with van der Waals surface area (Å²) in [6, 6.07) is 8.65. The maximum Gasteiger partial charge on any atom is 0.322 e. The number of hydrogen-bond acceptors (Lipinski definition) is 3. The summed E-state index contributed by atoms with van der Waals surface area (Å²) in [5, 5.41) is 16.5. The molecule has 1 aromatic carbocycles. The lowest BCUT2D eigenvalue weighted by Gasteiger charge is -2.20. The van der Waals surface area contributed by atoms with Crippen LogP contribution in [0.1, 0.15) is 12.5 Å². The molecular formula is C16H19ClN4O3. The molecule has 128 valence electrons. The molecule has 2 N–H and O–H groups in total. The van der Waals surface area contributed by atoms with Crippen LogP contribution in [0.2, 0.25) is 5.02 Å². The van der Waals surface area contributed by atoms with Crippen LogP contribution < -0.4 is 5.32 Å². The van der Waals surface area contributed by atoms with Crippen LogP contribution in [0.25, 0.3) is 0 Å². The Labute approximate surface area is 144 Å². The third-order valence-corrected chi connectivity index (χ3v) is 3.77. The average molecular weight is 351 g/mol. The molecule has 24 heavy (non-hydrogen) atoms. The first-order chi connectivity index (χ1) is 11.4. The predicted octanol–water partition coefficient (Wildman–Crippen LogP) is 2.77. The maximum absolute atomic E-state index is 12.2. The Kier molecular flexibility index (Phi) is 5.81. The molecule has 0 radical (unpaired) electrons. The van der Waals surface area contributed by atoms with E-state index < -0.39 is 11.9 Å². The van der Waals surface area contributed by atoms with E-state index >= 15 is 0 Å². The van der Waals surface area contributed by atoms with Gasteiger partial charge < -0.3 is 10.0 Å². The number of carboxylic acid groups (broad SMARTS) is 1. The van der Waals surface area contributed by atoms with E-state index in [0.717, 1.165) is 5.56 Å². The first-order valence-electron chi connectivity index (χ1n) is 7.38. The van der Waals surface area contributed by atoms with Crippen molar-refractivity contribution in [2.45, 2.75) is 13.5 Å². The van der Waals surface area contributed by atoms with E-state index in [0.29, 0.717) is 17.4 Å². The second kappa shape index (κ2) is 7.83. The summed E-state index contributed by atoms with van der Waals surface area (Å²) in [6.07, 6.45) is 1.59. The molecule has 1 unspecified atom stereocenters. The molecule has 2 amide bonds. The minimum absolute atomic E-state index is 0.118. The van der Waals surface area contributed by atoms with Gasteiger partial charge in [0.1, 0.15) is 5.82 Å². The highest BCUT2D eigenvalue weighted by Gasteiger charge is 2.18. The molecule has 2 rings (SSSR count). The molecule has 7 nitrogen and oxygen atoms in total. The summed E-state index contributed by atoms with van der Waals surface area (Å²) in [6.45, 7) is 2.15. The number of carbonyl (C=O) groups excluding carboxylic acids is 1. The van der Waals surface area contributed by atoms with Crippen molar-refractivity contribution in [3.05, 3.63) is 47.1 Å². The number of carboxylic acids is 1. The third-order valence-electron chi connectivity index (χ3n) is 3.51. The number of amides is 2. The fraction of sp³-hybridized carbons (Fsp3) is 0.312. The fourth-order valence-electron chi connectivity index (χ4n) is 2.10. The lowest BCUT2D eigenvalue weighted by Crippen LogP contribution is -2.37. The van der Waals surface area contributed by atoms with Gasteiger partial charge in [0.25, 0.3) is 0 Å². The van der Waals surface area contributed by atoms with Crippen molar-refractivity contribution in [3.8, 4) is 0 Å². The molecule has 1 aromatic heterocycles. The number of urea groups is 1. The highest BCUT2D eigenvalue weighted by molar-refractivity contribution is 6.30. The largest absolute Gasteiger partial charge is 0.481 e. The van der Waals surface area contributed by atoms with Gasteiger partial charge in [-0.1, -0.05) is 30.7 Å². The van der Waals surface area contributed by atoms with Gasteiger partial charge in [-0.25, -0.2) is 9.48 Å². The van der Waals surface area contributed by atoms with Gasteiger partial charge in [0.05, 0.1) is 18.7 Å². The molecule has 1 heterocycles. The molecule has 0 aliphatic heterocycles. The summed E-state index contributed by atoms with van der Waals surface area (Å²) >= 11 is 5.87. The maximum atomic E-state index is 12.2. The Morgan fingerprint density at radius 3 is 2.62 bits per heavy atom. The van der Waals surface area contributed by atoms with E-state index in [1.54, 1.807) is 43.0 Å². The van der Waals surface area contributed by atoms with Crippen LogP contribution in [0.15, 0.2) is 36.5 Å². The van der Waals surface area contributed by atoms with Crippen molar-refractivity contribution >= 4 is 29.4 Å². The lowest BCUT2D eigenvalue weighted by atomic mass is 10.2. The van der Waals surface area contributed by atoms with Gasteiger partial charge in [0.15, 0.2) is 0 Å². The van der Waals surface area contributed by atoms with E-state index in [1.165, 1.54) is 4.90 Å². The zero-order valence-corrected chi connectivity index (χ0v) is 14.2. The summed E-state index contributed by atoms with van der Waals surface area (Å²) in [4.78, 5) is 24.4. The SMILES string of the molecule is CC(CN(C)C(=O)Nc1ccnn1Cc1ccc(Cl)cc1)C(=O)O. The van der Waals surface area contributed by atoms with Crippen LogP contribution in [0.4, 0.5) is 10.6 Å². The molecule has 8 heteroatoms. The van der Waals surface area contributed by atoms with Gasteiger partial charge in [0.2, 0.25) is 0 Å². The lowest BCUT2D eigenvalue weighted by molar-refractivity contribution is -0.141. The van der Waals surface area contributed by atoms with Crippen LogP contribution in [0.3, 0.4) is 0 Å². The second-order valence-electron chi connectivity index (χ2n) is 5.55. The zero-order chi connectivity index (χ0) is 17.7. The number of aliphatic carboxylic acids is 1. The minimum Gasteiger partial charge on any atom is -0.481 e. The number of anilines is 1. The highest BCUT2D eigenvalue weighted by atomic mass is 35.5. The quantitative estimate of drug-likeness (QED) is 0.838. The van der Waals surface area contributed by atoms with Crippen molar-refractivity contribution in [2.75, 3.05) is 18.9 Å². The summed E-state index contributed by atoms with van der Waals surface area (Å²) in [7, 11) is 1.55. The molecular weight excluding hydrogens is 332 g/mol. The van der Waals surface area contributed by atoms with Gasteiger partial charge in [0, 0.05) is 24.7 Å². The number of rotatable bonds is 6. The summed E-state index contributed by atoms with van der Waals surface area (Å²) in [5.74, 6) is -1.05. The normalized spacial score (nSPS) is 11.8. The van der Waals surface area contributed by atoms with E-state index in [1.807, 2.05) is 12.1 Å². The van der Waals surface area contributed by atoms with Crippen LogP contribution in [-0.2, 0) is 11.3 Å². The molecule has 0 saturated heterocycles. The van der Waals surface area contributed by atoms with Gasteiger partial charge in [-0.2, -0.15) is 5.10 Å². The Bertz CT molecular complexity index is 714. The smallest absolute Gasteiger partial charge is 0.322 e. The Morgan fingerprint density at radius 2 is 2.00 bits per heavy atom. The third kappa shape index (κ3) is 4.73. The van der Waals surface area contributed by atoms with Crippen LogP contribution in [0, 0.1) is 5.92 Å². The topological polar surface area (TPSA) is 87.5 Å². The summed E-state index contributed by atoms with van der Waals surface area (Å²) < 4.78 is 1.65. The Morgan fingerprint density at radius 1 is 1.33 bits per heavy atom.